The van der Waals surface area contributed by atoms with Crippen molar-refractivity contribution in [3.05, 3.63) is 35.3 Å². The molecule has 0 spiro atoms. The number of carbonyl (C=O) groups excluding carboxylic acids is 1. The van der Waals surface area contributed by atoms with Crippen LogP contribution in [0.4, 0.5) is 32.0 Å². The van der Waals surface area contributed by atoms with Crippen LogP contribution in [0.15, 0.2) is 23.4 Å². The summed E-state index contributed by atoms with van der Waals surface area (Å²) in [6, 6.07) is 2.32. The van der Waals surface area contributed by atoms with E-state index in [0.29, 0.717) is 0 Å². The molecule has 2 fully saturated rings. The maximum atomic E-state index is 14.1. The second kappa shape index (κ2) is 7.68. The standard InChI is InChI=1S/C20H21F6N5O2S/c1-18(7-19(22,23)8-18)9-31-16(14(20(24,25)26)15(30-31)11-6-12(11)21)17(32)29-10-3-4-28-13(5-10)34(2,27)33/h3-5,11-12,27H,6-9H2,1-2H3,(H,28,29,32)/t11?,12?,34-/m1/s1. The number of nitrogens with zero attached hydrogens (tertiary/aromatic N) is 3. The van der Waals surface area contributed by atoms with E-state index in [1.807, 2.05) is 0 Å². The predicted octanol–water partition coefficient (Wildman–Crippen LogP) is 4.85. The summed E-state index contributed by atoms with van der Waals surface area (Å²) in [5, 5.41) is 5.94. The van der Waals surface area contributed by atoms with Crippen LogP contribution in [0.25, 0.3) is 0 Å². The van der Waals surface area contributed by atoms with Gasteiger partial charge in [-0.3, -0.25) is 9.48 Å². The highest BCUT2D eigenvalue weighted by molar-refractivity contribution is 7.91. The van der Waals surface area contributed by atoms with Gasteiger partial charge in [-0.1, -0.05) is 6.92 Å². The number of nitrogens with one attached hydrogen (secondary N) is 2. The Balaban J connectivity index is 1.76. The van der Waals surface area contributed by atoms with Crippen LogP contribution in [0.5, 0.6) is 0 Å². The lowest BCUT2D eigenvalue weighted by molar-refractivity contribution is -0.160. The zero-order valence-electron chi connectivity index (χ0n) is 18.0. The minimum atomic E-state index is -5.06. The van der Waals surface area contributed by atoms with Crippen molar-refractivity contribution in [2.45, 2.75) is 61.9 Å². The summed E-state index contributed by atoms with van der Waals surface area (Å²) in [5.41, 5.74) is -4.13. The molecule has 2 saturated carbocycles. The SMILES string of the molecule is CC1(Cn2nc(C3CC3F)c(C(F)(F)F)c2C(=O)Nc2ccnc([S@](C)(=N)=O)c2)CC(F)(F)C1. The van der Waals surface area contributed by atoms with Crippen molar-refractivity contribution < 1.29 is 35.3 Å². The van der Waals surface area contributed by atoms with Gasteiger partial charge in [-0.15, -0.1) is 0 Å². The lowest BCUT2D eigenvalue weighted by atomic mass is 9.67. The van der Waals surface area contributed by atoms with Crippen LogP contribution >= 0.6 is 0 Å². The predicted molar refractivity (Wildman–Crippen MR) is 109 cm³/mol. The molecule has 0 bridgehead atoms. The van der Waals surface area contributed by atoms with Crippen molar-refractivity contribution in [3.63, 3.8) is 0 Å². The topological polar surface area (TPSA) is 101 Å². The Morgan fingerprint density at radius 2 is 1.97 bits per heavy atom. The Kier molecular flexibility index (Phi) is 5.53. The molecule has 2 aliphatic rings. The summed E-state index contributed by atoms with van der Waals surface area (Å²) >= 11 is 0. The van der Waals surface area contributed by atoms with Gasteiger partial charge in [0.05, 0.1) is 15.4 Å². The molecule has 1 amide bonds. The minimum absolute atomic E-state index is 0.0737. The maximum absolute atomic E-state index is 14.1. The number of halogens is 6. The number of amides is 1. The summed E-state index contributed by atoms with van der Waals surface area (Å²) in [4.78, 5) is 16.8. The zero-order chi connectivity index (χ0) is 25.3. The van der Waals surface area contributed by atoms with Crippen molar-refractivity contribution >= 4 is 21.3 Å². The second-order valence-corrected chi connectivity index (χ2v) is 11.4. The van der Waals surface area contributed by atoms with Gasteiger partial charge >= 0.3 is 6.18 Å². The molecule has 34 heavy (non-hydrogen) atoms. The Bertz CT molecular complexity index is 1250. The third-order valence-electron chi connectivity index (χ3n) is 5.84. The third-order valence-corrected chi connectivity index (χ3v) is 6.86. The smallest absolute Gasteiger partial charge is 0.320 e. The van der Waals surface area contributed by atoms with Gasteiger partial charge in [0.25, 0.3) is 5.91 Å². The first-order valence-electron chi connectivity index (χ1n) is 10.2. The molecule has 2 aliphatic carbocycles. The largest absolute Gasteiger partial charge is 0.420 e. The number of rotatable bonds is 6. The molecule has 2 unspecified atom stereocenters. The molecule has 4 rings (SSSR count). The normalized spacial score (nSPS) is 24.7. The van der Waals surface area contributed by atoms with Gasteiger partial charge in [-0.2, -0.15) is 18.3 Å². The first-order valence-corrected chi connectivity index (χ1v) is 12.2. The van der Waals surface area contributed by atoms with Gasteiger partial charge in [-0.25, -0.2) is 27.1 Å². The minimum Gasteiger partial charge on any atom is -0.320 e. The number of alkyl halides is 6. The van der Waals surface area contributed by atoms with Gasteiger partial charge in [0, 0.05) is 43.4 Å². The summed E-state index contributed by atoms with van der Waals surface area (Å²) in [6.07, 6.45) is -5.74. The van der Waals surface area contributed by atoms with Crippen LogP contribution in [0, 0.1) is 10.2 Å². The zero-order valence-corrected chi connectivity index (χ0v) is 18.9. The van der Waals surface area contributed by atoms with Crippen molar-refractivity contribution in [2.24, 2.45) is 5.41 Å². The molecule has 0 aromatic carbocycles. The molecule has 3 atom stereocenters. The van der Waals surface area contributed by atoms with E-state index in [-0.39, 0.29) is 17.1 Å². The van der Waals surface area contributed by atoms with Crippen LogP contribution in [0.2, 0.25) is 0 Å². The highest BCUT2D eigenvalue weighted by Gasteiger charge is 2.55. The molecular weight excluding hydrogens is 488 g/mol. The summed E-state index contributed by atoms with van der Waals surface area (Å²) in [5.74, 6) is -5.35. The quantitative estimate of drug-likeness (QED) is 0.544. The summed E-state index contributed by atoms with van der Waals surface area (Å²) < 4.78 is 103. The molecule has 0 radical (unpaired) electrons. The number of anilines is 1. The number of hydrogen-bond acceptors (Lipinski definition) is 5. The first kappa shape index (κ1) is 24.5. The van der Waals surface area contributed by atoms with Crippen LogP contribution < -0.4 is 5.32 Å². The van der Waals surface area contributed by atoms with Gasteiger partial charge < -0.3 is 5.32 Å². The van der Waals surface area contributed by atoms with E-state index in [9.17, 15) is 35.3 Å². The van der Waals surface area contributed by atoms with E-state index in [1.54, 1.807) is 0 Å². The summed E-state index contributed by atoms with van der Waals surface area (Å²) in [7, 11) is -3.27. The molecule has 7 nitrogen and oxygen atoms in total. The van der Waals surface area contributed by atoms with Crippen LogP contribution in [0.1, 0.15) is 53.8 Å². The molecule has 186 valence electrons. The Labute approximate surface area is 190 Å². The Hall–Kier alpha value is -2.64. The van der Waals surface area contributed by atoms with E-state index in [0.717, 1.165) is 23.2 Å². The van der Waals surface area contributed by atoms with Crippen LogP contribution in [-0.2, 0) is 22.5 Å². The van der Waals surface area contributed by atoms with Crippen molar-refractivity contribution in [1.29, 1.82) is 4.78 Å². The van der Waals surface area contributed by atoms with E-state index in [4.69, 9.17) is 4.78 Å². The fraction of sp³-hybridized carbons (Fsp3) is 0.550. The van der Waals surface area contributed by atoms with E-state index < -0.39 is 81.6 Å². The molecule has 2 aromatic rings. The Morgan fingerprint density at radius 3 is 2.47 bits per heavy atom. The molecule has 0 saturated heterocycles. The average Bonchev–Trinajstić information content (AvgIpc) is 3.24. The van der Waals surface area contributed by atoms with Gasteiger partial charge in [-0.05, 0) is 24.0 Å². The molecule has 2 aromatic heterocycles. The highest BCUT2D eigenvalue weighted by atomic mass is 32.2. The number of aromatic nitrogens is 3. The lowest BCUT2D eigenvalue weighted by Crippen LogP contribution is -2.47. The monoisotopic (exact) mass is 509 g/mol. The van der Waals surface area contributed by atoms with E-state index in [2.05, 4.69) is 15.4 Å². The van der Waals surface area contributed by atoms with Crippen LogP contribution in [0.3, 0.4) is 0 Å². The molecule has 14 heteroatoms. The van der Waals surface area contributed by atoms with E-state index >= 15 is 0 Å². The molecule has 2 N–H and O–H groups in total. The van der Waals surface area contributed by atoms with Gasteiger partial charge in [0.15, 0.2) is 0 Å². The summed E-state index contributed by atoms with van der Waals surface area (Å²) in [6.45, 7) is 1.06. The average molecular weight is 509 g/mol. The molecule has 0 aliphatic heterocycles. The first-order chi connectivity index (χ1) is 15.5. The fourth-order valence-electron chi connectivity index (χ4n) is 4.37. The molecular formula is C20H21F6N5O2S. The second-order valence-electron chi connectivity index (χ2n) is 9.32. The van der Waals surface area contributed by atoms with E-state index in [1.165, 1.54) is 13.0 Å². The fourth-order valence-corrected chi connectivity index (χ4v) is 4.99. The van der Waals surface area contributed by atoms with Gasteiger partial charge in [0.2, 0.25) is 5.92 Å². The van der Waals surface area contributed by atoms with Crippen molar-refractivity contribution in [1.82, 2.24) is 14.8 Å². The van der Waals surface area contributed by atoms with Gasteiger partial charge in [0.1, 0.15) is 22.5 Å². The van der Waals surface area contributed by atoms with Crippen LogP contribution in [-0.4, -0.2) is 43.2 Å². The number of pyridine rings is 1. The third kappa shape index (κ3) is 4.77. The lowest BCUT2D eigenvalue weighted by Gasteiger charge is -2.44. The highest BCUT2D eigenvalue weighted by Crippen LogP contribution is 2.54. The van der Waals surface area contributed by atoms with Crippen molar-refractivity contribution in [2.75, 3.05) is 11.6 Å². The van der Waals surface area contributed by atoms with Crippen molar-refractivity contribution in [3.8, 4) is 0 Å². The number of hydrogen-bond donors (Lipinski definition) is 2. The molecule has 2 heterocycles. The maximum Gasteiger partial charge on any atom is 0.420 e. The Morgan fingerprint density at radius 1 is 1.35 bits per heavy atom. The number of carbonyl (C=O) groups is 1.